The maximum atomic E-state index is 13.0. The van der Waals surface area contributed by atoms with Crippen LogP contribution in [0.4, 0.5) is 4.39 Å². The Morgan fingerprint density at radius 3 is 2.60 bits per heavy atom. The summed E-state index contributed by atoms with van der Waals surface area (Å²) in [6, 6.07) is 8.56. The van der Waals surface area contributed by atoms with Crippen molar-refractivity contribution in [1.29, 1.82) is 0 Å². The van der Waals surface area contributed by atoms with Gasteiger partial charge < -0.3 is 0 Å². The van der Waals surface area contributed by atoms with Gasteiger partial charge in [-0.1, -0.05) is 18.2 Å². The Balaban J connectivity index is 2.54. The molecule has 0 amide bonds. The lowest BCUT2D eigenvalue weighted by molar-refractivity contribution is 0.628. The summed E-state index contributed by atoms with van der Waals surface area (Å²) in [6.45, 7) is 3.98. The summed E-state index contributed by atoms with van der Waals surface area (Å²) in [4.78, 5) is 4.32. The molecule has 0 saturated carbocycles. The van der Waals surface area contributed by atoms with E-state index in [1.807, 2.05) is 26.0 Å². The van der Waals surface area contributed by atoms with Crippen molar-refractivity contribution in [2.75, 3.05) is 0 Å². The van der Waals surface area contributed by atoms with Crippen LogP contribution in [-0.2, 0) is 0 Å². The Kier molecular flexibility index (Phi) is 2.50. The molecule has 0 aliphatic rings. The Hall–Kier alpha value is -1.70. The van der Waals surface area contributed by atoms with E-state index >= 15 is 0 Å². The van der Waals surface area contributed by atoms with Crippen molar-refractivity contribution in [2.24, 2.45) is 0 Å². The van der Waals surface area contributed by atoms with Gasteiger partial charge in [0, 0.05) is 11.8 Å². The second kappa shape index (κ2) is 3.81. The molecular weight excluding hydrogens is 189 g/mol. The molecule has 0 spiro atoms. The molecule has 0 fully saturated rings. The van der Waals surface area contributed by atoms with Gasteiger partial charge in [-0.25, -0.2) is 4.39 Å². The van der Waals surface area contributed by atoms with Crippen molar-refractivity contribution in [3.8, 4) is 11.3 Å². The van der Waals surface area contributed by atoms with Crippen molar-refractivity contribution >= 4 is 0 Å². The van der Waals surface area contributed by atoms with Gasteiger partial charge in [-0.05, 0) is 37.1 Å². The predicted molar refractivity (Wildman–Crippen MR) is 59.1 cm³/mol. The molecule has 2 heteroatoms. The number of hydrogen-bond acceptors (Lipinski definition) is 1. The number of aromatic nitrogens is 1. The molecule has 0 atom stereocenters. The van der Waals surface area contributed by atoms with Crippen molar-refractivity contribution in [2.45, 2.75) is 13.8 Å². The standard InChI is InChI=1S/C13H12FN/c1-9-6-10(2)13(15-8-9)11-4-3-5-12(14)7-11/h3-8H,1-2H3. The first-order valence-electron chi connectivity index (χ1n) is 4.86. The molecule has 0 saturated heterocycles. The quantitative estimate of drug-likeness (QED) is 0.688. The number of rotatable bonds is 1. The van der Waals surface area contributed by atoms with E-state index in [1.165, 1.54) is 12.1 Å². The highest BCUT2D eigenvalue weighted by molar-refractivity contribution is 5.62. The molecule has 76 valence electrons. The first-order valence-corrected chi connectivity index (χ1v) is 4.86. The average molecular weight is 201 g/mol. The van der Waals surface area contributed by atoms with Crippen molar-refractivity contribution in [3.05, 3.63) is 53.5 Å². The Morgan fingerprint density at radius 1 is 1.13 bits per heavy atom. The lowest BCUT2D eigenvalue weighted by atomic mass is 10.1. The van der Waals surface area contributed by atoms with E-state index in [-0.39, 0.29) is 5.82 Å². The molecular formula is C13H12FN. The normalized spacial score (nSPS) is 10.3. The fraction of sp³-hybridized carbons (Fsp3) is 0.154. The first kappa shape index (κ1) is 9.84. The Labute approximate surface area is 88.6 Å². The molecule has 1 heterocycles. The van der Waals surface area contributed by atoms with Crippen LogP contribution in [0.25, 0.3) is 11.3 Å². The monoisotopic (exact) mass is 201 g/mol. The number of halogens is 1. The summed E-state index contributed by atoms with van der Waals surface area (Å²) in [7, 11) is 0. The summed E-state index contributed by atoms with van der Waals surface area (Å²) < 4.78 is 13.0. The first-order chi connectivity index (χ1) is 7.16. The minimum atomic E-state index is -0.228. The van der Waals surface area contributed by atoms with E-state index in [2.05, 4.69) is 4.98 Å². The fourth-order valence-corrected chi connectivity index (χ4v) is 1.65. The zero-order valence-electron chi connectivity index (χ0n) is 8.79. The number of benzene rings is 1. The van der Waals surface area contributed by atoms with Crippen LogP contribution in [0.1, 0.15) is 11.1 Å². The summed E-state index contributed by atoms with van der Waals surface area (Å²) in [5.41, 5.74) is 3.86. The number of hydrogen-bond donors (Lipinski definition) is 0. The number of aryl methyl sites for hydroxylation is 2. The largest absolute Gasteiger partial charge is 0.256 e. The van der Waals surface area contributed by atoms with Gasteiger partial charge in [0.15, 0.2) is 0 Å². The Morgan fingerprint density at radius 2 is 1.93 bits per heavy atom. The Bertz CT molecular complexity index is 492. The van der Waals surface area contributed by atoms with E-state index in [9.17, 15) is 4.39 Å². The molecule has 0 aliphatic carbocycles. The van der Waals surface area contributed by atoms with Crippen LogP contribution in [0.15, 0.2) is 36.5 Å². The van der Waals surface area contributed by atoms with Gasteiger partial charge in [0.05, 0.1) is 5.69 Å². The second-order valence-corrected chi connectivity index (χ2v) is 3.69. The van der Waals surface area contributed by atoms with Crippen LogP contribution in [0.5, 0.6) is 0 Å². The molecule has 2 rings (SSSR count). The SMILES string of the molecule is Cc1cnc(-c2cccc(F)c2)c(C)c1. The lowest BCUT2D eigenvalue weighted by Crippen LogP contribution is -1.89. The molecule has 0 bridgehead atoms. The van der Waals surface area contributed by atoms with Crippen LogP contribution in [0.3, 0.4) is 0 Å². The van der Waals surface area contributed by atoms with Gasteiger partial charge in [0.1, 0.15) is 5.82 Å². The van der Waals surface area contributed by atoms with Gasteiger partial charge >= 0.3 is 0 Å². The molecule has 0 N–H and O–H groups in total. The van der Waals surface area contributed by atoms with Crippen molar-refractivity contribution in [3.63, 3.8) is 0 Å². The minimum absolute atomic E-state index is 0.228. The number of pyridine rings is 1. The molecule has 2 aromatic rings. The zero-order chi connectivity index (χ0) is 10.8. The highest BCUT2D eigenvalue weighted by atomic mass is 19.1. The second-order valence-electron chi connectivity index (χ2n) is 3.69. The smallest absolute Gasteiger partial charge is 0.123 e. The van der Waals surface area contributed by atoms with Crippen molar-refractivity contribution < 1.29 is 4.39 Å². The van der Waals surface area contributed by atoms with Gasteiger partial charge in [-0.15, -0.1) is 0 Å². The van der Waals surface area contributed by atoms with E-state index < -0.39 is 0 Å². The van der Waals surface area contributed by atoms with Crippen molar-refractivity contribution in [1.82, 2.24) is 4.98 Å². The van der Waals surface area contributed by atoms with Gasteiger partial charge in [-0.2, -0.15) is 0 Å². The molecule has 15 heavy (non-hydrogen) atoms. The zero-order valence-corrected chi connectivity index (χ0v) is 8.79. The van der Waals surface area contributed by atoms with E-state index in [0.29, 0.717) is 0 Å². The maximum Gasteiger partial charge on any atom is 0.123 e. The maximum absolute atomic E-state index is 13.0. The molecule has 0 unspecified atom stereocenters. The van der Waals surface area contributed by atoms with E-state index in [4.69, 9.17) is 0 Å². The topological polar surface area (TPSA) is 12.9 Å². The molecule has 0 aliphatic heterocycles. The summed E-state index contributed by atoms with van der Waals surface area (Å²) in [6.07, 6.45) is 1.80. The highest BCUT2D eigenvalue weighted by Gasteiger charge is 2.04. The van der Waals surface area contributed by atoms with Crippen LogP contribution in [0.2, 0.25) is 0 Å². The van der Waals surface area contributed by atoms with Gasteiger partial charge in [-0.3, -0.25) is 4.98 Å². The predicted octanol–water partition coefficient (Wildman–Crippen LogP) is 3.50. The molecule has 1 aromatic carbocycles. The third-order valence-corrected chi connectivity index (χ3v) is 2.31. The molecule has 1 nitrogen and oxygen atoms in total. The minimum Gasteiger partial charge on any atom is -0.256 e. The summed E-state index contributed by atoms with van der Waals surface area (Å²) >= 11 is 0. The highest BCUT2D eigenvalue weighted by Crippen LogP contribution is 2.21. The van der Waals surface area contributed by atoms with Crippen LogP contribution >= 0.6 is 0 Å². The van der Waals surface area contributed by atoms with Gasteiger partial charge in [0.25, 0.3) is 0 Å². The van der Waals surface area contributed by atoms with Crippen LogP contribution in [-0.4, -0.2) is 4.98 Å². The van der Waals surface area contributed by atoms with E-state index in [1.54, 1.807) is 12.3 Å². The third-order valence-electron chi connectivity index (χ3n) is 2.31. The molecule has 0 radical (unpaired) electrons. The van der Waals surface area contributed by atoms with E-state index in [0.717, 1.165) is 22.4 Å². The average Bonchev–Trinajstić information content (AvgIpc) is 2.17. The molecule has 1 aromatic heterocycles. The fourth-order valence-electron chi connectivity index (χ4n) is 1.65. The lowest BCUT2D eigenvalue weighted by Gasteiger charge is -2.05. The number of nitrogens with zero attached hydrogens (tertiary/aromatic N) is 1. The van der Waals surface area contributed by atoms with Gasteiger partial charge in [0.2, 0.25) is 0 Å². The summed E-state index contributed by atoms with van der Waals surface area (Å²) in [5.74, 6) is -0.228. The van der Waals surface area contributed by atoms with Crippen LogP contribution < -0.4 is 0 Å². The summed E-state index contributed by atoms with van der Waals surface area (Å²) in [5, 5.41) is 0. The third kappa shape index (κ3) is 2.04. The van der Waals surface area contributed by atoms with Crippen LogP contribution in [0, 0.1) is 19.7 Å².